The van der Waals surface area contributed by atoms with Crippen LogP contribution in [0.3, 0.4) is 0 Å². The molecular weight excluding hydrogens is 392 g/mol. The Labute approximate surface area is 180 Å². The van der Waals surface area contributed by atoms with Crippen LogP contribution in [0.1, 0.15) is 49.7 Å². The third kappa shape index (κ3) is 4.06. The molecule has 0 unspecified atom stereocenters. The quantitative estimate of drug-likeness (QED) is 0.530. The molecule has 0 atom stereocenters. The SMILES string of the molecule is CC(C)(N)c1ccc(-n2nnc3cnc(Cc4cnn(C5CCOCC5)c4)nc32)cc1. The Hall–Kier alpha value is -3.17. The molecule has 3 aromatic heterocycles. The fourth-order valence-electron chi connectivity index (χ4n) is 3.86. The second-order valence-corrected chi connectivity index (χ2v) is 8.61. The van der Waals surface area contributed by atoms with Crippen LogP contribution >= 0.6 is 0 Å². The molecule has 0 spiro atoms. The van der Waals surface area contributed by atoms with Gasteiger partial charge in [-0.2, -0.15) is 9.78 Å². The maximum absolute atomic E-state index is 6.19. The minimum absolute atomic E-state index is 0.395. The highest BCUT2D eigenvalue weighted by molar-refractivity contribution is 5.70. The van der Waals surface area contributed by atoms with Gasteiger partial charge in [0.1, 0.15) is 5.82 Å². The molecule has 4 aromatic rings. The fraction of sp³-hybridized carbons (Fsp3) is 0.409. The molecule has 1 aliphatic rings. The molecular formula is C22H26N8O. The van der Waals surface area contributed by atoms with Crippen molar-refractivity contribution in [3.8, 4) is 5.69 Å². The van der Waals surface area contributed by atoms with Gasteiger partial charge in [-0.05, 0) is 49.9 Å². The topological polar surface area (TPSA) is 110 Å². The van der Waals surface area contributed by atoms with E-state index in [2.05, 4.69) is 26.6 Å². The van der Waals surface area contributed by atoms with Crippen LogP contribution in [0, 0.1) is 0 Å². The van der Waals surface area contributed by atoms with E-state index in [-0.39, 0.29) is 0 Å². The monoisotopic (exact) mass is 418 g/mol. The number of nitrogens with zero attached hydrogens (tertiary/aromatic N) is 7. The molecule has 9 heteroatoms. The summed E-state index contributed by atoms with van der Waals surface area (Å²) in [4.78, 5) is 9.22. The van der Waals surface area contributed by atoms with Crippen molar-refractivity contribution in [2.75, 3.05) is 13.2 Å². The van der Waals surface area contributed by atoms with Gasteiger partial charge in [-0.15, -0.1) is 5.10 Å². The number of fused-ring (bicyclic) bond motifs is 1. The highest BCUT2D eigenvalue weighted by atomic mass is 16.5. The lowest BCUT2D eigenvalue weighted by atomic mass is 9.96. The summed E-state index contributed by atoms with van der Waals surface area (Å²) in [5.74, 6) is 0.710. The van der Waals surface area contributed by atoms with Crippen molar-refractivity contribution in [2.24, 2.45) is 5.73 Å². The summed E-state index contributed by atoms with van der Waals surface area (Å²) in [7, 11) is 0. The molecule has 1 fully saturated rings. The van der Waals surface area contributed by atoms with E-state index in [0.29, 0.717) is 29.5 Å². The van der Waals surface area contributed by atoms with Crippen LogP contribution in [0.25, 0.3) is 16.9 Å². The van der Waals surface area contributed by atoms with E-state index in [1.165, 1.54) is 0 Å². The number of nitrogens with two attached hydrogens (primary N) is 1. The van der Waals surface area contributed by atoms with E-state index in [4.69, 9.17) is 15.5 Å². The van der Waals surface area contributed by atoms with Gasteiger partial charge in [0.05, 0.1) is 24.1 Å². The summed E-state index contributed by atoms with van der Waals surface area (Å²) in [5.41, 5.74) is 10.2. The zero-order valence-corrected chi connectivity index (χ0v) is 17.8. The predicted molar refractivity (Wildman–Crippen MR) is 116 cm³/mol. The Morgan fingerprint density at radius 3 is 2.65 bits per heavy atom. The Morgan fingerprint density at radius 2 is 1.90 bits per heavy atom. The maximum atomic E-state index is 6.19. The molecule has 0 aliphatic carbocycles. The number of hydrogen-bond acceptors (Lipinski definition) is 7. The molecule has 5 rings (SSSR count). The number of ether oxygens (including phenoxy) is 1. The average molecular weight is 419 g/mol. The zero-order chi connectivity index (χ0) is 21.4. The van der Waals surface area contributed by atoms with Crippen molar-refractivity contribution in [3.05, 3.63) is 59.8 Å². The van der Waals surface area contributed by atoms with Crippen LogP contribution in [0.4, 0.5) is 0 Å². The minimum Gasteiger partial charge on any atom is -0.381 e. The molecule has 0 amide bonds. The smallest absolute Gasteiger partial charge is 0.187 e. The van der Waals surface area contributed by atoms with Gasteiger partial charge in [0, 0.05) is 31.4 Å². The van der Waals surface area contributed by atoms with Crippen molar-refractivity contribution in [1.82, 2.24) is 34.7 Å². The largest absolute Gasteiger partial charge is 0.381 e. The molecule has 1 saturated heterocycles. The lowest BCUT2D eigenvalue weighted by molar-refractivity contribution is 0.0662. The summed E-state index contributed by atoms with van der Waals surface area (Å²) in [5, 5.41) is 13.0. The van der Waals surface area contributed by atoms with Gasteiger partial charge in [-0.3, -0.25) is 4.68 Å². The van der Waals surface area contributed by atoms with Gasteiger partial charge >= 0.3 is 0 Å². The van der Waals surface area contributed by atoms with Gasteiger partial charge in [-0.1, -0.05) is 17.3 Å². The lowest BCUT2D eigenvalue weighted by Crippen LogP contribution is -2.28. The van der Waals surface area contributed by atoms with Crippen molar-refractivity contribution >= 4 is 11.2 Å². The molecule has 1 aromatic carbocycles. The first-order valence-electron chi connectivity index (χ1n) is 10.6. The number of hydrogen-bond donors (Lipinski definition) is 1. The third-order valence-electron chi connectivity index (χ3n) is 5.68. The van der Waals surface area contributed by atoms with Crippen LogP contribution < -0.4 is 5.73 Å². The van der Waals surface area contributed by atoms with Crippen LogP contribution in [-0.4, -0.2) is 48.0 Å². The molecule has 0 saturated carbocycles. The fourth-order valence-corrected chi connectivity index (χ4v) is 3.86. The van der Waals surface area contributed by atoms with E-state index in [0.717, 1.165) is 42.9 Å². The molecule has 0 bridgehead atoms. The zero-order valence-electron chi connectivity index (χ0n) is 17.8. The molecule has 0 radical (unpaired) electrons. The summed E-state index contributed by atoms with van der Waals surface area (Å²) in [6.07, 6.45) is 8.30. The van der Waals surface area contributed by atoms with Gasteiger partial charge < -0.3 is 10.5 Å². The molecule has 9 nitrogen and oxygen atoms in total. The number of rotatable bonds is 5. The van der Waals surface area contributed by atoms with Crippen molar-refractivity contribution in [1.29, 1.82) is 0 Å². The van der Waals surface area contributed by atoms with E-state index >= 15 is 0 Å². The Kier molecular flexibility index (Phi) is 4.99. The van der Waals surface area contributed by atoms with E-state index < -0.39 is 5.54 Å². The molecule has 31 heavy (non-hydrogen) atoms. The van der Waals surface area contributed by atoms with Crippen molar-refractivity contribution < 1.29 is 4.74 Å². The summed E-state index contributed by atoms with van der Waals surface area (Å²) in [6, 6.07) is 8.39. The van der Waals surface area contributed by atoms with Gasteiger partial charge in [0.2, 0.25) is 0 Å². The van der Waals surface area contributed by atoms with Gasteiger partial charge in [0.15, 0.2) is 11.2 Å². The standard InChI is InChI=1S/C22H26N8O/c1-22(2,23)16-3-5-18(6-4-16)30-21-19(27-28-30)13-24-20(26-21)11-15-12-25-29(14-15)17-7-9-31-10-8-17/h3-6,12-14,17H,7-11,23H2,1-2H3. The normalized spacial score (nSPS) is 15.6. The lowest BCUT2D eigenvalue weighted by Gasteiger charge is -2.22. The van der Waals surface area contributed by atoms with Crippen molar-refractivity contribution in [2.45, 2.75) is 44.7 Å². The van der Waals surface area contributed by atoms with E-state index in [1.54, 1.807) is 10.9 Å². The first kappa shape index (κ1) is 19.8. The van der Waals surface area contributed by atoms with Gasteiger partial charge in [0.25, 0.3) is 0 Å². The summed E-state index contributed by atoms with van der Waals surface area (Å²) in [6.45, 7) is 5.55. The number of benzene rings is 1. The Morgan fingerprint density at radius 1 is 1.13 bits per heavy atom. The Bertz CT molecular complexity index is 1180. The van der Waals surface area contributed by atoms with Crippen LogP contribution in [-0.2, 0) is 16.7 Å². The maximum Gasteiger partial charge on any atom is 0.187 e. The highest BCUT2D eigenvalue weighted by Crippen LogP contribution is 2.22. The summed E-state index contributed by atoms with van der Waals surface area (Å²) >= 11 is 0. The van der Waals surface area contributed by atoms with E-state index in [9.17, 15) is 0 Å². The highest BCUT2D eigenvalue weighted by Gasteiger charge is 2.18. The second-order valence-electron chi connectivity index (χ2n) is 8.61. The first-order chi connectivity index (χ1) is 15.0. The van der Waals surface area contributed by atoms with Crippen LogP contribution in [0.2, 0.25) is 0 Å². The predicted octanol–water partition coefficient (Wildman–Crippen LogP) is 2.54. The molecule has 1 aliphatic heterocycles. The van der Waals surface area contributed by atoms with Gasteiger partial charge in [-0.25, -0.2) is 9.97 Å². The summed E-state index contributed by atoms with van der Waals surface area (Å²) < 4.78 is 9.23. The molecule has 160 valence electrons. The minimum atomic E-state index is -0.395. The molecule has 2 N–H and O–H groups in total. The average Bonchev–Trinajstić information content (AvgIpc) is 3.41. The number of aromatic nitrogens is 7. The van der Waals surface area contributed by atoms with Crippen LogP contribution in [0.5, 0.6) is 0 Å². The first-order valence-corrected chi connectivity index (χ1v) is 10.6. The van der Waals surface area contributed by atoms with Crippen molar-refractivity contribution in [3.63, 3.8) is 0 Å². The van der Waals surface area contributed by atoms with Crippen LogP contribution in [0.15, 0.2) is 42.9 Å². The van der Waals surface area contributed by atoms with E-state index in [1.807, 2.05) is 49.0 Å². The molecule has 4 heterocycles. The second kappa shape index (κ2) is 7.82. The Balaban J connectivity index is 1.40. The third-order valence-corrected chi connectivity index (χ3v) is 5.68.